The minimum Gasteiger partial charge on any atom is -0.352 e. The summed E-state index contributed by atoms with van der Waals surface area (Å²) >= 11 is 0. The van der Waals surface area contributed by atoms with Crippen LogP contribution in [0.3, 0.4) is 0 Å². The van der Waals surface area contributed by atoms with Crippen molar-refractivity contribution < 1.29 is 9.59 Å². The summed E-state index contributed by atoms with van der Waals surface area (Å²) in [5.74, 6) is -0.547. The van der Waals surface area contributed by atoms with Crippen LogP contribution >= 0.6 is 0 Å². The lowest BCUT2D eigenvalue weighted by Crippen LogP contribution is -2.42. The highest BCUT2D eigenvalue weighted by molar-refractivity contribution is 5.96. The first-order valence-corrected chi connectivity index (χ1v) is 6.91. The largest absolute Gasteiger partial charge is 0.352 e. The van der Waals surface area contributed by atoms with Gasteiger partial charge in [-0.15, -0.1) is 0 Å². The number of pyridine rings is 1. The molecule has 0 unspecified atom stereocenters. The molecule has 1 aromatic heterocycles. The average molecular weight is 277 g/mol. The fraction of sp³-hybridized carbons (Fsp3) is 0.500. The van der Waals surface area contributed by atoms with Crippen molar-refractivity contribution in [1.82, 2.24) is 15.6 Å². The Bertz CT molecular complexity index is 512. The minimum atomic E-state index is -0.375. The number of carbonyl (C=O) groups is 2. The van der Waals surface area contributed by atoms with E-state index in [2.05, 4.69) is 15.6 Å². The van der Waals surface area contributed by atoms with E-state index in [1.807, 2.05) is 0 Å². The van der Waals surface area contributed by atoms with Gasteiger partial charge in [0.1, 0.15) is 0 Å². The molecule has 0 atom stereocenters. The molecule has 0 saturated heterocycles. The van der Waals surface area contributed by atoms with Crippen LogP contribution in [0.5, 0.6) is 0 Å². The molecular formula is C14H19N3O3. The maximum absolute atomic E-state index is 11.7. The van der Waals surface area contributed by atoms with Gasteiger partial charge in [0.2, 0.25) is 11.5 Å². The fourth-order valence-corrected chi connectivity index (χ4v) is 2.34. The van der Waals surface area contributed by atoms with E-state index in [9.17, 15) is 14.4 Å². The van der Waals surface area contributed by atoms with E-state index in [0.29, 0.717) is 5.56 Å². The third kappa shape index (κ3) is 4.22. The normalized spacial score (nSPS) is 15.6. The van der Waals surface area contributed by atoms with Crippen LogP contribution in [-0.2, 0) is 4.79 Å². The van der Waals surface area contributed by atoms with Gasteiger partial charge in [0.15, 0.2) is 0 Å². The Kier molecular flexibility index (Phi) is 4.92. The first-order chi connectivity index (χ1) is 9.65. The van der Waals surface area contributed by atoms with Gasteiger partial charge in [-0.25, -0.2) is 0 Å². The van der Waals surface area contributed by atoms with Crippen molar-refractivity contribution in [1.29, 1.82) is 0 Å². The van der Waals surface area contributed by atoms with E-state index in [0.717, 1.165) is 25.7 Å². The maximum Gasteiger partial charge on any atom is 0.253 e. The third-order valence-electron chi connectivity index (χ3n) is 3.43. The van der Waals surface area contributed by atoms with Crippen LogP contribution in [0.2, 0.25) is 0 Å². The van der Waals surface area contributed by atoms with Gasteiger partial charge in [0.05, 0.1) is 12.1 Å². The summed E-state index contributed by atoms with van der Waals surface area (Å²) in [7, 11) is 0. The van der Waals surface area contributed by atoms with Crippen LogP contribution in [0.15, 0.2) is 23.1 Å². The zero-order valence-corrected chi connectivity index (χ0v) is 11.3. The Hall–Kier alpha value is -2.11. The van der Waals surface area contributed by atoms with E-state index in [1.54, 1.807) is 0 Å². The van der Waals surface area contributed by atoms with Gasteiger partial charge in [-0.05, 0) is 18.9 Å². The van der Waals surface area contributed by atoms with Crippen molar-refractivity contribution in [3.63, 3.8) is 0 Å². The predicted octanol–water partition coefficient (Wildman–Crippen LogP) is 0.554. The van der Waals surface area contributed by atoms with Crippen molar-refractivity contribution in [2.24, 2.45) is 0 Å². The number of carbonyl (C=O) groups excluding carboxylic acids is 2. The van der Waals surface area contributed by atoms with Crippen LogP contribution in [0, 0.1) is 0 Å². The van der Waals surface area contributed by atoms with Crippen LogP contribution in [0.4, 0.5) is 0 Å². The number of aromatic amines is 1. The fourth-order valence-electron chi connectivity index (χ4n) is 2.34. The van der Waals surface area contributed by atoms with Gasteiger partial charge in [-0.2, -0.15) is 0 Å². The number of amides is 2. The number of hydrogen-bond acceptors (Lipinski definition) is 3. The first kappa shape index (κ1) is 14.3. The SMILES string of the molecule is O=C(CNC(=O)c1ccc(=O)[nH]c1)NC1CCCCC1. The van der Waals surface area contributed by atoms with E-state index < -0.39 is 0 Å². The summed E-state index contributed by atoms with van der Waals surface area (Å²) in [6, 6.07) is 2.94. The zero-order valence-electron chi connectivity index (χ0n) is 11.3. The van der Waals surface area contributed by atoms with Crippen molar-refractivity contribution in [2.75, 3.05) is 6.54 Å². The van der Waals surface area contributed by atoms with Crippen molar-refractivity contribution >= 4 is 11.8 Å². The Morgan fingerprint density at radius 1 is 1.20 bits per heavy atom. The van der Waals surface area contributed by atoms with Crippen molar-refractivity contribution in [3.05, 3.63) is 34.2 Å². The maximum atomic E-state index is 11.7. The van der Waals surface area contributed by atoms with Crippen LogP contribution < -0.4 is 16.2 Å². The van der Waals surface area contributed by atoms with Gasteiger partial charge in [-0.1, -0.05) is 19.3 Å². The number of aromatic nitrogens is 1. The molecule has 2 amide bonds. The third-order valence-corrected chi connectivity index (χ3v) is 3.43. The smallest absolute Gasteiger partial charge is 0.253 e. The molecule has 1 aliphatic rings. The molecule has 1 saturated carbocycles. The van der Waals surface area contributed by atoms with Gasteiger partial charge >= 0.3 is 0 Å². The van der Waals surface area contributed by atoms with Gasteiger partial charge in [0, 0.05) is 18.3 Å². The van der Waals surface area contributed by atoms with E-state index in [4.69, 9.17) is 0 Å². The summed E-state index contributed by atoms with van der Waals surface area (Å²) in [6.07, 6.45) is 6.88. The van der Waals surface area contributed by atoms with Crippen LogP contribution in [0.1, 0.15) is 42.5 Å². The molecule has 6 nitrogen and oxygen atoms in total. The van der Waals surface area contributed by atoms with E-state index >= 15 is 0 Å². The van der Waals surface area contributed by atoms with Gasteiger partial charge < -0.3 is 15.6 Å². The highest BCUT2D eigenvalue weighted by Gasteiger charge is 2.16. The summed E-state index contributed by atoms with van der Waals surface area (Å²) in [5, 5.41) is 5.46. The van der Waals surface area contributed by atoms with Gasteiger partial charge in [-0.3, -0.25) is 14.4 Å². The topological polar surface area (TPSA) is 91.1 Å². The molecule has 108 valence electrons. The standard InChI is InChI=1S/C14H19N3O3/c18-12-7-6-10(8-15-12)14(20)16-9-13(19)17-11-4-2-1-3-5-11/h6-8,11H,1-5,9H2,(H,15,18)(H,16,20)(H,17,19). The summed E-state index contributed by atoms with van der Waals surface area (Å²) in [4.78, 5) is 36.8. The lowest BCUT2D eigenvalue weighted by molar-refractivity contribution is -0.121. The number of H-pyrrole nitrogens is 1. The van der Waals surface area contributed by atoms with Crippen LogP contribution in [0.25, 0.3) is 0 Å². The quantitative estimate of drug-likeness (QED) is 0.750. The Morgan fingerprint density at radius 2 is 1.95 bits per heavy atom. The highest BCUT2D eigenvalue weighted by Crippen LogP contribution is 2.17. The Balaban J connectivity index is 1.76. The average Bonchev–Trinajstić information content (AvgIpc) is 2.46. The van der Waals surface area contributed by atoms with Crippen molar-refractivity contribution in [2.45, 2.75) is 38.1 Å². The number of rotatable bonds is 4. The number of hydrogen-bond donors (Lipinski definition) is 3. The molecule has 1 aliphatic carbocycles. The molecule has 20 heavy (non-hydrogen) atoms. The van der Waals surface area contributed by atoms with Crippen molar-refractivity contribution in [3.8, 4) is 0 Å². The second-order valence-corrected chi connectivity index (χ2v) is 5.03. The molecule has 0 spiro atoms. The molecule has 6 heteroatoms. The predicted molar refractivity (Wildman–Crippen MR) is 74.4 cm³/mol. The molecule has 1 heterocycles. The Morgan fingerprint density at radius 3 is 2.60 bits per heavy atom. The molecule has 0 aromatic carbocycles. The van der Waals surface area contributed by atoms with Gasteiger partial charge in [0.25, 0.3) is 5.91 Å². The summed E-state index contributed by atoms with van der Waals surface area (Å²) in [6.45, 7) is -0.0472. The Labute approximate surface area is 117 Å². The molecule has 1 fully saturated rings. The second-order valence-electron chi connectivity index (χ2n) is 5.03. The summed E-state index contributed by atoms with van der Waals surface area (Å²) < 4.78 is 0. The van der Waals surface area contributed by atoms with E-state index in [-0.39, 0.29) is 30.0 Å². The molecule has 0 radical (unpaired) electrons. The number of nitrogens with one attached hydrogen (secondary N) is 3. The monoisotopic (exact) mass is 277 g/mol. The molecule has 2 rings (SSSR count). The molecule has 3 N–H and O–H groups in total. The lowest BCUT2D eigenvalue weighted by atomic mass is 9.95. The summed E-state index contributed by atoms with van der Waals surface area (Å²) in [5.41, 5.74) is 0.0617. The second kappa shape index (κ2) is 6.88. The molecular weight excluding hydrogens is 258 g/mol. The molecule has 0 bridgehead atoms. The van der Waals surface area contributed by atoms with E-state index in [1.165, 1.54) is 24.8 Å². The van der Waals surface area contributed by atoms with Crippen LogP contribution in [-0.4, -0.2) is 29.4 Å². The molecule has 0 aliphatic heterocycles. The molecule has 1 aromatic rings. The highest BCUT2D eigenvalue weighted by atomic mass is 16.2. The lowest BCUT2D eigenvalue weighted by Gasteiger charge is -2.22. The minimum absolute atomic E-state index is 0.0472. The first-order valence-electron chi connectivity index (χ1n) is 6.91. The zero-order chi connectivity index (χ0) is 14.4.